The van der Waals surface area contributed by atoms with E-state index in [4.69, 9.17) is 4.74 Å². The summed E-state index contributed by atoms with van der Waals surface area (Å²) < 4.78 is 6.09. The van der Waals surface area contributed by atoms with Crippen molar-refractivity contribution in [1.82, 2.24) is 5.32 Å². The molecule has 1 aliphatic rings. The molecule has 0 aliphatic carbocycles. The van der Waals surface area contributed by atoms with Crippen molar-refractivity contribution in [2.75, 3.05) is 6.61 Å². The lowest BCUT2D eigenvalue weighted by molar-refractivity contribution is 0.0965. The van der Waals surface area contributed by atoms with Gasteiger partial charge in [0.05, 0.1) is 6.61 Å². The molecule has 4 nitrogen and oxygen atoms in total. The Balaban J connectivity index is 2.12. The van der Waals surface area contributed by atoms with Crippen molar-refractivity contribution in [3.63, 3.8) is 0 Å². The summed E-state index contributed by atoms with van der Waals surface area (Å²) in [6.45, 7) is 9.22. The second kappa shape index (κ2) is 5.86. The molecule has 0 saturated carbocycles. The fourth-order valence-corrected chi connectivity index (χ4v) is 2.87. The first-order valence-corrected chi connectivity index (χ1v) is 8.14. The maximum absolute atomic E-state index is 11.9. The molecule has 0 fully saturated rings. The molecule has 1 heterocycles. The van der Waals surface area contributed by atoms with Crippen molar-refractivity contribution in [3.05, 3.63) is 47.0 Å². The van der Waals surface area contributed by atoms with Gasteiger partial charge in [-0.25, -0.2) is 0 Å². The highest BCUT2D eigenvalue weighted by Crippen LogP contribution is 2.41. The van der Waals surface area contributed by atoms with Gasteiger partial charge in [0.25, 0.3) is 5.91 Å². The first-order valence-electron chi connectivity index (χ1n) is 8.14. The van der Waals surface area contributed by atoms with E-state index in [0.717, 1.165) is 16.7 Å². The van der Waals surface area contributed by atoms with E-state index in [1.165, 1.54) is 0 Å². The van der Waals surface area contributed by atoms with Gasteiger partial charge in [-0.2, -0.15) is 0 Å². The third-order valence-electron chi connectivity index (χ3n) is 4.16. The van der Waals surface area contributed by atoms with Crippen LogP contribution in [-0.4, -0.2) is 17.6 Å². The lowest BCUT2D eigenvalue weighted by atomic mass is 9.94. The number of nitrogens with one attached hydrogen (secondary N) is 1. The number of phenols is 1. The number of hydrogen-bond acceptors (Lipinski definition) is 3. The van der Waals surface area contributed by atoms with E-state index in [-0.39, 0.29) is 17.1 Å². The Hall–Kier alpha value is -2.49. The molecule has 1 amide bonds. The molecule has 0 unspecified atom stereocenters. The summed E-state index contributed by atoms with van der Waals surface area (Å²) in [7, 11) is 0. The van der Waals surface area contributed by atoms with Gasteiger partial charge in [-0.15, -0.1) is 0 Å². The van der Waals surface area contributed by atoms with Gasteiger partial charge in [0.1, 0.15) is 11.5 Å². The Kier molecular flexibility index (Phi) is 3.99. The molecule has 3 rings (SSSR count). The van der Waals surface area contributed by atoms with Crippen LogP contribution in [0.4, 0.5) is 0 Å². The average molecular weight is 325 g/mol. The minimum atomic E-state index is -0.0421. The molecule has 0 spiro atoms. The fourth-order valence-electron chi connectivity index (χ4n) is 2.87. The van der Waals surface area contributed by atoms with E-state index in [0.29, 0.717) is 30.0 Å². The lowest BCUT2D eigenvalue weighted by Gasteiger charge is -2.22. The zero-order valence-electron chi connectivity index (χ0n) is 14.6. The van der Waals surface area contributed by atoms with E-state index in [1.807, 2.05) is 31.2 Å². The second-order valence-electron chi connectivity index (χ2n) is 7.45. The highest BCUT2D eigenvalue weighted by atomic mass is 16.5. The zero-order chi connectivity index (χ0) is 17.5. The number of ether oxygens (including phenoxy) is 1. The monoisotopic (exact) mass is 325 g/mol. The normalized spacial score (nSPS) is 13.6. The lowest BCUT2D eigenvalue weighted by Crippen LogP contribution is -2.17. The largest absolute Gasteiger partial charge is 0.508 e. The number of amides is 1. The molecular weight excluding hydrogens is 302 g/mol. The van der Waals surface area contributed by atoms with Crippen LogP contribution in [0.3, 0.4) is 0 Å². The van der Waals surface area contributed by atoms with Crippen LogP contribution in [0, 0.1) is 12.3 Å². The number of aromatic hydroxyl groups is 1. The minimum Gasteiger partial charge on any atom is -0.508 e. The molecule has 0 aromatic heterocycles. The van der Waals surface area contributed by atoms with Crippen molar-refractivity contribution < 1.29 is 14.6 Å². The maximum atomic E-state index is 11.9. The number of rotatable bonds is 3. The molecule has 1 aliphatic heterocycles. The van der Waals surface area contributed by atoms with Crippen LogP contribution in [0.25, 0.3) is 11.1 Å². The number of hydrogen-bond donors (Lipinski definition) is 2. The molecular formula is C20H23NO3. The van der Waals surface area contributed by atoms with Crippen LogP contribution < -0.4 is 10.1 Å². The molecule has 126 valence electrons. The van der Waals surface area contributed by atoms with Crippen molar-refractivity contribution in [2.24, 2.45) is 5.41 Å². The van der Waals surface area contributed by atoms with Gasteiger partial charge in [-0.05, 0) is 41.7 Å². The summed E-state index contributed by atoms with van der Waals surface area (Å²) in [6.07, 6.45) is 0. The van der Waals surface area contributed by atoms with E-state index < -0.39 is 0 Å². The molecule has 4 heteroatoms. The highest BCUT2D eigenvalue weighted by Gasteiger charge is 2.24. The molecule has 0 bridgehead atoms. The Morgan fingerprint density at radius 1 is 1.12 bits per heavy atom. The van der Waals surface area contributed by atoms with Gasteiger partial charge >= 0.3 is 0 Å². The summed E-state index contributed by atoms with van der Waals surface area (Å²) in [6, 6.07) is 9.25. The van der Waals surface area contributed by atoms with Gasteiger partial charge in [0, 0.05) is 23.2 Å². The van der Waals surface area contributed by atoms with Crippen LogP contribution in [-0.2, 0) is 6.54 Å². The predicted octanol–water partition coefficient (Wildman–Crippen LogP) is 4.04. The Bertz CT molecular complexity index is 803. The van der Waals surface area contributed by atoms with E-state index in [9.17, 15) is 9.90 Å². The molecule has 2 aromatic carbocycles. The SMILES string of the molecule is Cc1c(O)ccc(-c2cccc3c2CNC3=O)c1OCC(C)(C)C. The van der Waals surface area contributed by atoms with Crippen LogP contribution in [0.2, 0.25) is 0 Å². The summed E-state index contributed by atoms with van der Waals surface area (Å²) >= 11 is 0. The average Bonchev–Trinajstić information content (AvgIpc) is 2.89. The third kappa shape index (κ3) is 2.96. The summed E-state index contributed by atoms with van der Waals surface area (Å²) in [5.74, 6) is 0.849. The first-order chi connectivity index (χ1) is 11.3. The van der Waals surface area contributed by atoms with Gasteiger partial charge in [0.2, 0.25) is 0 Å². The van der Waals surface area contributed by atoms with E-state index in [2.05, 4.69) is 26.1 Å². The summed E-state index contributed by atoms with van der Waals surface area (Å²) in [5.41, 5.74) is 4.28. The fraction of sp³-hybridized carbons (Fsp3) is 0.350. The predicted molar refractivity (Wildman–Crippen MR) is 94.4 cm³/mol. The van der Waals surface area contributed by atoms with Crippen molar-refractivity contribution in [3.8, 4) is 22.6 Å². The molecule has 24 heavy (non-hydrogen) atoms. The van der Waals surface area contributed by atoms with Gasteiger partial charge in [-0.3, -0.25) is 4.79 Å². The minimum absolute atomic E-state index is 0.00528. The van der Waals surface area contributed by atoms with Crippen LogP contribution in [0.15, 0.2) is 30.3 Å². The number of carbonyl (C=O) groups is 1. The quantitative estimate of drug-likeness (QED) is 0.895. The Morgan fingerprint density at radius 3 is 2.54 bits per heavy atom. The van der Waals surface area contributed by atoms with Gasteiger partial charge < -0.3 is 15.2 Å². The molecule has 2 aromatic rings. The van der Waals surface area contributed by atoms with Gasteiger partial charge in [-0.1, -0.05) is 32.9 Å². The number of phenolic OH excluding ortho intramolecular Hbond substituents is 1. The highest BCUT2D eigenvalue weighted by molar-refractivity contribution is 6.00. The number of benzene rings is 2. The summed E-state index contributed by atoms with van der Waals surface area (Å²) in [4.78, 5) is 11.9. The first kappa shape index (κ1) is 16.4. The van der Waals surface area contributed by atoms with Crippen LogP contribution in [0.1, 0.15) is 42.3 Å². The molecule has 0 atom stereocenters. The molecule has 0 radical (unpaired) electrons. The number of fused-ring (bicyclic) bond motifs is 1. The second-order valence-corrected chi connectivity index (χ2v) is 7.45. The topological polar surface area (TPSA) is 58.6 Å². The molecule has 0 saturated heterocycles. The third-order valence-corrected chi connectivity index (χ3v) is 4.16. The van der Waals surface area contributed by atoms with E-state index >= 15 is 0 Å². The molecule has 2 N–H and O–H groups in total. The van der Waals surface area contributed by atoms with E-state index in [1.54, 1.807) is 6.07 Å². The maximum Gasteiger partial charge on any atom is 0.251 e. The standard InChI is InChI=1S/C20H23NO3/c1-12-17(22)9-8-14(18(12)24-11-20(2,3)4)13-6-5-7-15-16(13)10-21-19(15)23/h5-9,22H,10-11H2,1-4H3,(H,21,23). The van der Waals surface area contributed by atoms with Gasteiger partial charge in [0.15, 0.2) is 0 Å². The van der Waals surface area contributed by atoms with Crippen molar-refractivity contribution in [2.45, 2.75) is 34.2 Å². The van der Waals surface area contributed by atoms with Crippen LogP contribution >= 0.6 is 0 Å². The van der Waals surface area contributed by atoms with Crippen molar-refractivity contribution >= 4 is 5.91 Å². The Labute approximate surface area is 142 Å². The number of carbonyl (C=O) groups excluding carboxylic acids is 1. The Morgan fingerprint density at radius 2 is 1.83 bits per heavy atom. The summed E-state index contributed by atoms with van der Waals surface area (Å²) in [5, 5.41) is 13.0. The van der Waals surface area contributed by atoms with Crippen molar-refractivity contribution in [1.29, 1.82) is 0 Å². The zero-order valence-corrected chi connectivity index (χ0v) is 14.6. The smallest absolute Gasteiger partial charge is 0.251 e. The van der Waals surface area contributed by atoms with Crippen LogP contribution in [0.5, 0.6) is 11.5 Å².